The van der Waals surface area contributed by atoms with Crippen LogP contribution >= 0.6 is 11.6 Å². The number of rotatable bonds is 3. The molecule has 0 aliphatic heterocycles. The largest absolute Gasteiger partial charge is 0.494 e. The standard InChI is InChI=1S/C16H19ClN2O/c1-2-20-13-10-8-12(9-11-13)19-16(17)14-6-4-3-5-7-15(14)18-19/h8-11H,2-7H2,1H3. The van der Waals surface area contributed by atoms with E-state index in [0.29, 0.717) is 6.61 Å². The van der Waals surface area contributed by atoms with E-state index in [1.54, 1.807) is 0 Å². The van der Waals surface area contributed by atoms with Gasteiger partial charge in [-0.05, 0) is 56.9 Å². The average molecular weight is 291 g/mol. The van der Waals surface area contributed by atoms with Crippen LogP contribution in [0.15, 0.2) is 24.3 Å². The third-order valence-electron chi connectivity index (χ3n) is 3.74. The molecule has 2 aromatic rings. The highest BCUT2D eigenvalue weighted by Crippen LogP contribution is 2.29. The summed E-state index contributed by atoms with van der Waals surface area (Å²) in [5.41, 5.74) is 3.39. The average Bonchev–Trinajstić information content (AvgIpc) is 2.65. The highest BCUT2D eigenvalue weighted by atomic mass is 35.5. The monoisotopic (exact) mass is 290 g/mol. The van der Waals surface area contributed by atoms with Gasteiger partial charge in [-0.3, -0.25) is 0 Å². The first kappa shape index (κ1) is 13.5. The topological polar surface area (TPSA) is 27.1 Å². The molecule has 0 amide bonds. The van der Waals surface area contributed by atoms with E-state index < -0.39 is 0 Å². The van der Waals surface area contributed by atoms with Crippen LogP contribution in [0.1, 0.15) is 37.4 Å². The lowest BCUT2D eigenvalue weighted by Gasteiger charge is -2.06. The van der Waals surface area contributed by atoms with Crippen molar-refractivity contribution in [2.75, 3.05) is 6.61 Å². The van der Waals surface area contributed by atoms with Crippen molar-refractivity contribution in [1.82, 2.24) is 9.78 Å². The van der Waals surface area contributed by atoms with Crippen molar-refractivity contribution in [2.45, 2.75) is 39.0 Å². The maximum Gasteiger partial charge on any atom is 0.136 e. The Bertz CT molecular complexity index is 589. The Morgan fingerprint density at radius 3 is 2.65 bits per heavy atom. The molecule has 0 bridgehead atoms. The van der Waals surface area contributed by atoms with E-state index in [-0.39, 0.29) is 0 Å². The fourth-order valence-corrected chi connectivity index (χ4v) is 3.05. The SMILES string of the molecule is CCOc1ccc(-n2nc3c(c2Cl)CCCCC3)cc1. The molecule has 1 aromatic heterocycles. The van der Waals surface area contributed by atoms with Crippen molar-refractivity contribution in [3.05, 3.63) is 40.7 Å². The third-order valence-corrected chi connectivity index (χ3v) is 4.12. The predicted molar refractivity (Wildman–Crippen MR) is 81.0 cm³/mol. The van der Waals surface area contributed by atoms with E-state index in [1.807, 2.05) is 35.9 Å². The molecule has 0 atom stereocenters. The maximum absolute atomic E-state index is 6.52. The van der Waals surface area contributed by atoms with Gasteiger partial charge in [-0.2, -0.15) is 5.10 Å². The highest BCUT2D eigenvalue weighted by molar-refractivity contribution is 6.30. The quantitative estimate of drug-likeness (QED) is 0.793. The second kappa shape index (κ2) is 5.88. The van der Waals surface area contributed by atoms with Gasteiger partial charge in [0.1, 0.15) is 10.9 Å². The Hall–Kier alpha value is -1.48. The molecule has 4 heteroatoms. The Kier molecular flexibility index (Phi) is 3.97. The highest BCUT2D eigenvalue weighted by Gasteiger charge is 2.18. The van der Waals surface area contributed by atoms with Gasteiger partial charge in [-0.25, -0.2) is 4.68 Å². The molecule has 0 radical (unpaired) electrons. The molecule has 0 spiro atoms. The van der Waals surface area contributed by atoms with E-state index in [2.05, 4.69) is 0 Å². The number of halogens is 1. The third kappa shape index (κ3) is 2.55. The zero-order valence-electron chi connectivity index (χ0n) is 11.7. The number of hydrogen-bond donors (Lipinski definition) is 0. The molecule has 106 valence electrons. The molecule has 0 fully saturated rings. The van der Waals surface area contributed by atoms with Gasteiger partial charge in [0, 0.05) is 5.56 Å². The first-order chi connectivity index (χ1) is 9.79. The second-order valence-corrected chi connectivity index (χ2v) is 5.47. The van der Waals surface area contributed by atoms with Crippen LogP contribution in [0.2, 0.25) is 5.15 Å². The Balaban J connectivity index is 1.94. The molecule has 0 unspecified atom stereocenters. The molecule has 20 heavy (non-hydrogen) atoms. The van der Waals surface area contributed by atoms with Crippen LogP contribution in [0, 0.1) is 0 Å². The van der Waals surface area contributed by atoms with E-state index >= 15 is 0 Å². The fraction of sp³-hybridized carbons (Fsp3) is 0.438. The minimum Gasteiger partial charge on any atom is -0.494 e. The van der Waals surface area contributed by atoms with Crippen molar-refractivity contribution < 1.29 is 4.74 Å². The number of ether oxygens (including phenoxy) is 1. The normalized spacial score (nSPS) is 14.7. The molecular formula is C16H19ClN2O. The lowest BCUT2D eigenvalue weighted by molar-refractivity contribution is 0.340. The van der Waals surface area contributed by atoms with E-state index in [9.17, 15) is 0 Å². The summed E-state index contributed by atoms with van der Waals surface area (Å²) in [6.45, 7) is 2.66. The summed E-state index contributed by atoms with van der Waals surface area (Å²) in [7, 11) is 0. The fourth-order valence-electron chi connectivity index (χ4n) is 2.71. The summed E-state index contributed by atoms with van der Waals surface area (Å²) in [4.78, 5) is 0. The zero-order chi connectivity index (χ0) is 13.9. The minimum absolute atomic E-state index is 0.677. The zero-order valence-corrected chi connectivity index (χ0v) is 12.5. The van der Waals surface area contributed by atoms with Gasteiger partial charge >= 0.3 is 0 Å². The first-order valence-corrected chi connectivity index (χ1v) is 7.67. The van der Waals surface area contributed by atoms with Crippen LogP contribution in [-0.2, 0) is 12.8 Å². The summed E-state index contributed by atoms with van der Waals surface area (Å²) in [5.74, 6) is 0.876. The van der Waals surface area contributed by atoms with E-state index in [0.717, 1.165) is 29.4 Å². The Labute approximate surface area is 124 Å². The Morgan fingerprint density at radius 1 is 1.15 bits per heavy atom. The number of hydrogen-bond acceptors (Lipinski definition) is 2. The van der Waals surface area contributed by atoms with Crippen LogP contribution in [0.3, 0.4) is 0 Å². The van der Waals surface area contributed by atoms with Crippen LogP contribution in [0.4, 0.5) is 0 Å². The summed E-state index contributed by atoms with van der Waals surface area (Å²) in [6.07, 6.45) is 5.78. The number of nitrogens with zero attached hydrogens (tertiary/aromatic N) is 2. The Morgan fingerprint density at radius 2 is 1.90 bits per heavy atom. The summed E-state index contributed by atoms with van der Waals surface area (Å²) in [6, 6.07) is 7.93. The molecular weight excluding hydrogens is 272 g/mol. The molecule has 1 aliphatic rings. The number of fused-ring (bicyclic) bond motifs is 1. The van der Waals surface area contributed by atoms with E-state index in [4.69, 9.17) is 21.4 Å². The van der Waals surface area contributed by atoms with Crippen molar-refractivity contribution in [2.24, 2.45) is 0 Å². The minimum atomic E-state index is 0.677. The van der Waals surface area contributed by atoms with Gasteiger partial charge in [0.2, 0.25) is 0 Å². The van der Waals surface area contributed by atoms with Gasteiger partial charge in [-0.15, -0.1) is 0 Å². The molecule has 1 aromatic carbocycles. The van der Waals surface area contributed by atoms with Crippen LogP contribution < -0.4 is 4.74 Å². The molecule has 0 N–H and O–H groups in total. The number of benzene rings is 1. The lowest BCUT2D eigenvalue weighted by atomic mass is 10.1. The van der Waals surface area contributed by atoms with Crippen molar-refractivity contribution in [3.63, 3.8) is 0 Å². The van der Waals surface area contributed by atoms with E-state index in [1.165, 1.54) is 30.5 Å². The molecule has 3 rings (SSSR count). The maximum atomic E-state index is 6.52. The van der Waals surface area contributed by atoms with Crippen molar-refractivity contribution in [3.8, 4) is 11.4 Å². The van der Waals surface area contributed by atoms with Gasteiger partial charge in [0.25, 0.3) is 0 Å². The van der Waals surface area contributed by atoms with Gasteiger partial charge in [-0.1, -0.05) is 18.0 Å². The van der Waals surface area contributed by atoms with Gasteiger partial charge in [0.15, 0.2) is 0 Å². The smallest absolute Gasteiger partial charge is 0.136 e. The summed E-state index contributed by atoms with van der Waals surface area (Å²) < 4.78 is 7.32. The summed E-state index contributed by atoms with van der Waals surface area (Å²) >= 11 is 6.52. The van der Waals surface area contributed by atoms with Crippen LogP contribution in [0.25, 0.3) is 5.69 Å². The predicted octanol–water partition coefficient (Wildman–Crippen LogP) is 4.19. The molecule has 0 saturated heterocycles. The number of aromatic nitrogens is 2. The van der Waals surface area contributed by atoms with Crippen LogP contribution in [0.5, 0.6) is 5.75 Å². The molecule has 3 nitrogen and oxygen atoms in total. The molecule has 1 aliphatic carbocycles. The van der Waals surface area contributed by atoms with Crippen molar-refractivity contribution >= 4 is 11.6 Å². The van der Waals surface area contributed by atoms with Crippen molar-refractivity contribution in [1.29, 1.82) is 0 Å². The first-order valence-electron chi connectivity index (χ1n) is 7.29. The second-order valence-electron chi connectivity index (χ2n) is 5.12. The van der Waals surface area contributed by atoms with Crippen LogP contribution in [-0.4, -0.2) is 16.4 Å². The molecule has 0 saturated carbocycles. The van der Waals surface area contributed by atoms with Gasteiger partial charge < -0.3 is 4.74 Å². The molecule has 1 heterocycles. The summed E-state index contributed by atoms with van der Waals surface area (Å²) in [5, 5.41) is 5.47. The van der Waals surface area contributed by atoms with Gasteiger partial charge in [0.05, 0.1) is 18.0 Å². The number of aryl methyl sites for hydroxylation is 1. The lowest BCUT2D eigenvalue weighted by Crippen LogP contribution is -1.98.